The van der Waals surface area contributed by atoms with Gasteiger partial charge in [0.1, 0.15) is 4.90 Å². The van der Waals surface area contributed by atoms with Crippen molar-refractivity contribution in [2.45, 2.75) is 25.2 Å². The van der Waals surface area contributed by atoms with Crippen LogP contribution >= 0.6 is 0 Å². The molecule has 19 heavy (non-hydrogen) atoms. The molecule has 0 fully saturated rings. The number of hydrogen-bond donors (Lipinski definition) is 1. The van der Waals surface area contributed by atoms with E-state index in [9.17, 15) is 8.42 Å². The molecule has 2 aromatic rings. The Labute approximate surface area is 113 Å². The van der Waals surface area contributed by atoms with E-state index < -0.39 is 10.0 Å². The average Bonchev–Trinajstić information content (AvgIpc) is 2.69. The van der Waals surface area contributed by atoms with Gasteiger partial charge in [0.25, 0.3) is 10.0 Å². The molecule has 0 aliphatic heterocycles. The molecular formula is C13H17N3O2S. The third-order valence-electron chi connectivity index (χ3n) is 2.90. The normalized spacial score (nSPS) is 11.5. The summed E-state index contributed by atoms with van der Waals surface area (Å²) >= 11 is 0. The van der Waals surface area contributed by atoms with Crippen LogP contribution in [0.5, 0.6) is 0 Å². The number of benzene rings is 1. The van der Waals surface area contributed by atoms with Crippen molar-refractivity contribution in [3.8, 4) is 0 Å². The van der Waals surface area contributed by atoms with E-state index in [0.29, 0.717) is 11.4 Å². The first-order valence-corrected chi connectivity index (χ1v) is 7.53. The predicted octanol–water partition coefficient (Wildman–Crippen LogP) is 2.09. The van der Waals surface area contributed by atoms with Crippen molar-refractivity contribution >= 4 is 15.7 Å². The Kier molecular flexibility index (Phi) is 3.61. The van der Waals surface area contributed by atoms with Gasteiger partial charge in [-0.25, -0.2) is 8.42 Å². The van der Waals surface area contributed by atoms with E-state index in [1.165, 1.54) is 10.9 Å². The van der Waals surface area contributed by atoms with Crippen molar-refractivity contribution in [1.29, 1.82) is 0 Å². The Morgan fingerprint density at radius 2 is 2.00 bits per heavy atom. The molecule has 0 saturated carbocycles. The second kappa shape index (κ2) is 5.05. The van der Waals surface area contributed by atoms with E-state index in [1.54, 1.807) is 20.0 Å². The number of aromatic nitrogens is 2. The third-order valence-corrected chi connectivity index (χ3v) is 4.37. The maximum atomic E-state index is 12.3. The lowest BCUT2D eigenvalue weighted by atomic mass is 10.1. The minimum atomic E-state index is -3.59. The minimum absolute atomic E-state index is 0.209. The van der Waals surface area contributed by atoms with Crippen LogP contribution in [-0.2, 0) is 23.5 Å². The van der Waals surface area contributed by atoms with E-state index in [2.05, 4.69) is 9.82 Å². The summed E-state index contributed by atoms with van der Waals surface area (Å²) in [6.45, 7) is 3.67. The van der Waals surface area contributed by atoms with Crippen LogP contribution in [0.25, 0.3) is 0 Å². The molecule has 102 valence electrons. The highest BCUT2D eigenvalue weighted by Gasteiger charge is 2.20. The van der Waals surface area contributed by atoms with Crippen molar-refractivity contribution in [1.82, 2.24) is 9.78 Å². The van der Waals surface area contributed by atoms with Gasteiger partial charge in [-0.1, -0.05) is 25.1 Å². The Balaban J connectivity index is 2.39. The number of nitrogens with zero attached hydrogens (tertiary/aromatic N) is 2. The first-order chi connectivity index (χ1) is 8.94. The highest BCUT2D eigenvalue weighted by Crippen LogP contribution is 2.21. The summed E-state index contributed by atoms with van der Waals surface area (Å²) in [5.74, 6) is 0. The Morgan fingerprint density at radius 3 is 2.58 bits per heavy atom. The molecular weight excluding hydrogens is 262 g/mol. The van der Waals surface area contributed by atoms with E-state index >= 15 is 0 Å². The van der Waals surface area contributed by atoms with Crippen LogP contribution in [0.4, 0.5) is 5.69 Å². The molecule has 0 radical (unpaired) electrons. The van der Waals surface area contributed by atoms with Crippen molar-refractivity contribution in [3.05, 3.63) is 41.7 Å². The van der Waals surface area contributed by atoms with Gasteiger partial charge in [-0.15, -0.1) is 0 Å². The zero-order chi connectivity index (χ0) is 14.0. The molecule has 1 heterocycles. The summed E-state index contributed by atoms with van der Waals surface area (Å²) in [4.78, 5) is 0.209. The molecule has 5 nitrogen and oxygen atoms in total. The van der Waals surface area contributed by atoms with Gasteiger partial charge in [0.2, 0.25) is 0 Å². The van der Waals surface area contributed by atoms with E-state index in [4.69, 9.17) is 0 Å². The quantitative estimate of drug-likeness (QED) is 0.932. The lowest BCUT2D eigenvalue weighted by molar-refractivity contribution is 0.600. The van der Waals surface area contributed by atoms with Crippen LogP contribution in [0.15, 0.2) is 35.4 Å². The number of anilines is 1. The second-order valence-corrected chi connectivity index (χ2v) is 6.02. The Bertz CT molecular complexity index is 690. The third kappa shape index (κ3) is 2.78. The smallest absolute Gasteiger partial charge is 0.265 e. The lowest BCUT2D eigenvalue weighted by Crippen LogP contribution is -2.14. The highest BCUT2D eigenvalue weighted by molar-refractivity contribution is 7.92. The fourth-order valence-electron chi connectivity index (χ4n) is 1.97. The maximum absolute atomic E-state index is 12.3. The van der Waals surface area contributed by atoms with Gasteiger partial charge in [-0.05, 0) is 25.0 Å². The topological polar surface area (TPSA) is 64.0 Å². The zero-order valence-electron chi connectivity index (χ0n) is 11.2. The summed E-state index contributed by atoms with van der Waals surface area (Å²) in [6, 6.07) is 7.38. The molecule has 1 aromatic carbocycles. The van der Waals surface area contributed by atoms with Gasteiger partial charge in [-0.3, -0.25) is 9.40 Å². The van der Waals surface area contributed by atoms with E-state index in [-0.39, 0.29) is 4.90 Å². The van der Waals surface area contributed by atoms with Crippen molar-refractivity contribution in [2.24, 2.45) is 7.05 Å². The fourth-order valence-corrected chi connectivity index (χ4v) is 3.29. The van der Waals surface area contributed by atoms with Crippen LogP contribution in [0.1, 0.15) is 18.2 Å². The van der Waals surface area contributed by atoms with E-state index in [0.717, 1.165) is 12.0 Å². The Morgan fingerprint density at radius 1 is 1.32 bits per heavy atom. The lowest BCUT2D eigenvalue weighted by Gasteiger charge is -2.10. The van der Waals surface area contributed by atoms with Crippen molar-refractivity contribution in [2.75, 3.05) is 4.72 Å². The van der Waals surface area contributed by atoms with Crippen LogP contribution in [0.3, 0.4) is 0 Å². The van der Waals surface area contributed by atoms with Crippen LogP contribution in [0, 0.1) is 6.92 Å². The van der Waals surface area contributed by atoms with Gasteiger partial charge in [0, 0.05) is 13.2 Å². The van der Waals surface area contributed by atoms with Gasteiger partial charge >= 0.3 is 0 Å². The molecule has 0 saturated heterocycles. The van der Waals surface area contributed by atoms with Gasteiger partial charge < -0.3 is 0 Å². The molecule has 0 atom stereocenters. The molecule has 0 aliphatic rings. The molecule has 0 aliphatic carbocycles. The van der Waals surface area contributed by atoms with Gasteiger partial charge in [0.05, 0.1) is 11.4 Å². The molecule has 1 N–H and O–H groups in total. The second-order valence-electron chi connectivity index (χ2n) is 4.37. The number of hydrogen-bond acceptors (Lipinski definition) is 3. The molecule has 1 aromatic heterocycles. The SMILES string of the molecule is CCc1ccccc1NS(=O)(=O)c1cn(C)nc1C. The van der Waals surface area contributed by atoms with Gasteiger partial charge in [0.15, 0.2) is 0 Å². The highest BCUT2D eigenvalue weighted by atomic mass is 32.2. The number of para-hydroxylation sites is 1. The fraction of sp³-hybridized carbons (Fsp3) is 0.308. The van der Waals surface area contributed by atoms with Crippen LogP contribution < -0.4 is 4.72 Å². The monoisotopic (exact) mass is 279 g/mol. The average molecular weight is 279 g/mol. The molecule has 0 unspecified atom stereocenters. The molecule has 0 bridgehead atoms. The summed E-state index contributed by atoms with van der Waals surface area (Å²) < 4.78 is 28.8. The Hall–Kier alpha value is -1.82. The zero-order valence-corrected chi connectivity index (χ0v) is 12.0. The standard InChI is InChI=1S/C13H17N3O2S/c1-4-11-7-5-6-8-12(11)15-19(17,18)13-9-16(3)14-10(13)2/h5-9,15H,4H2,1-3H3. The molecule has 0 amide bonds. The largest absolute Gasteiger partial charge is 0.279 e. The minimum Gasteiger partial charge on any atom is -0.279 e. The van der Waals surface area contributed by atoms with Crippen LogP contribution in [0.2, 0.25) is 0 Å². The van der Waals surface area contributed by atoms with Gasteiger partial charge in [-0.2, -0.15) is 5.10 Å². The number of nitrogens with one attached hydrogen (secondary N) is 1. The predicted molar refractivity (Wildman–Crippen MR) is 74.6 cm³/mol. The van der Waals surface area contributed by atoms with Crippen molar-refractivity contribution < 1.29 is 8.42 Å². The molecule has 2 rings (SSSR count). The van der Waals surface area contributed by atoms with Crippen molar-refractivity contribution in [3.63, 3.8) is 0 Å². The maximum Gasteiger partial charge on any atom is 0.265 e. The number of rotatable bonds is 4. The molecule has 0 spiro atoms. The summed E-state index contributed by atoms with van der Waals surface area (Å²) in [6.07, 6.45) is 2.27. The van der Waals surface area contributed by atoms with E-state index in [1.807, 2.05) is 25.1 Å². The van der Waals surface area contributed by atoms with Crippen LogP contribution in [-0.4, -0.2) is 18.2 Å². The molecule has 6 heteroatoms. The summed E-state index contributed by atoms with van der Waals surface area (Å²) in [5, 5.41) is 4.06. The number of aryl methyl sites for hydroxylation is 3. The number of sulfonamides is 1. The summed E-state index contributed by atoms with van der Waals surface area (Å²) in [5.41, 5.74) is 2.07. The first-order valence-electron chi connectivity index (χ1n) is 6.05. The summed E-state index contributed by atoms with van der Waals surface area (Å²) in [7, 11) is -1.89. The first kappa shape index (κ1) is 13.6.